The summed E-state index contributed by atoms with van der Waals surface area (Å²) < 4.78 is 7.93. The van der Waals surface area contributed by atoms with Gasteiger partial charge in [0.1, 0.15) is 5.76 Å². The second-order valence-electron chi connectivity index (χ2n) is 7.88. The summed E-state index contributed by atoms with van der Waals surface area (Å²) in [4.78, 5) is 13.7. The highest BCUT2D eigenvalue weighted by molar-refractivity contribution is 7.99. The van der Waals surface area contributed by atoms with Gasteiger partial charge < -0.3 is 8.98 Å². The lowest BCUT2D eigenvalue weighted by Gasteiger charge is -2.12. The van der Waals surface area contributed by atoms with Gasteiger partial charge in [0, 0.05) is 21.8 Å². The van der Waals surface area contributed by atoms with Crippen LogP contribution in [-0.2, 0) is 0 Å². The molecular weight excluding hydrogens is 454 g/mol. The maximum absolute atomic E-state index is 12.6. The van der Waals surface area contributed by atoms with Gasteiger partial charge in [-0.25, -0.2) is 5.43 Å². The first-order valence-electron chi connectivity index (χ1n) is 11.2. The Labute approximate surface area is 208 Å². The van der Waals surface area contributed by atoms with Gasteiger partial charge in [0.05, 0.1) is 11.9 Å². The van der Waals surface area contributed by atoms with Crippen LogP contribution in [-0.4, -0.2) is 16.7 Å². The van der Waals surface area contributed by atoms with Gasteiger partial charge in [-0.15, -0.1) is 0 Å². The molecule has 2 aromatic heterocycles. The Kier molecular flexibility index (Phi) is 6.63. The molecule has 2 heterocycles. The van der Waals surface area contributed by atoms with Crippen LogP contribution in [0.4, 0.5) is 0 Å². The van der Waals surface area contributed by atoms with Crippen LogP contribution in [0.15, 0.2) is 129 Å². The van der Waals surface area contributed by atoms with Crippen LogP contribution in [0, 0.1) is 6.92 Å². The molecule has 0 radical (unpaired) electrons. The summed E-state index contributed by atoms with van der Waals surface area (Å²) in [6.07, 6.45) is 1.50. The molecule has 0 aliphatic heterocycles. The molecule has 0 fully saturated rings. The van der Waals surface area contributed by atoms with Crippen molar-refractivity contribution in [2.45, 2.75) is 16.9 Å². The molecule has 0 bridgehead atoms. The van der Waals surface area contributed by atoms with E-state index in [0.717, 1.165) is 32.6 Å². The topological polar surface area (TPSA) is 59.5 Å². The fourth-order valence-corrected chi connectivity index (χ4v) is 4.56. The molecule has 1 amide bonds. The van der Waals surface area contributed by atoms with Crippen molar-refractivity contribution in [2.75, 3.05) is 0 Å². The molecule has 6 heteroatoms. The Morgan fingerprint density at radius 2 is 1.57 bits per heavy atom. The van der Waals surface area contributed by atoms with Crippen LogP contribution in [0.25, 0.3) is 16.9 Å². The summed E-state index contributed by atoms with van der Waals surface area (Å²) in [7, 11) is 0. The van der Waals surface area contributed by atoms with Crippen molar-refractivity contribution in [3.8, 4) is 16.9 Å². The molecule has 0 unspecified atom stereocenters. The van der Waals surface area contributed by atoms with E-state index in [2.05, 4.69) is 46.3 Å². The third-order valence-corrected chi connectivity index (χ3v) is 6.38. The standard InChI is InChI=1S/C29H23N3O2S/c1-21-12-18-27(22-8-4-2-5-9-22)32(21)24-15-13-23(14-16-24)29(33)31-30-20-25-17-19-28(34-25)35-26-10-6-3-7-11-26/h2-20H,1H3,(H,31,33)/b30-20+. The van der Waals surface area contributed by atoms with E-state index >= 15 is 0 Å². The number of furan rings is 1. The molecule has 3 aromatic carbocycles. The van der Waals surface area contributed by atoms with Crippen molar-refractivity contribution in [2.24, 2.45) is 5.10 Å². The van der Waals surface area contributed by atoms with E-state index in [1.54, 1.807) is 12.1 Å². The average Bonchev–Trinajstić information content (AvgIpc) is 3.51. The zero-order chi connectivity index (χ0) is 24.0. The van der Waals surface area contributed by atoms with Crippen LogP contribution < -0.4 is 5.43 Å². The van der Waals surface area contributed by atoms with E-state index in [1.807, 2.05) is 72.8 Å². The molecule has 5 rings (SSSR count). The summed E-state index contributed by atoms with van der Waals surface area (Å²) in [6.45, 7) is 2.07. The highest BCUT2D eigenvalue weighted by atomic mass is 32.2. The highest BCUT2D eigenvalue weighted by Crippen LogP contribution is 2.29. The molecule has 0 saturated carbocycles. The summed E-state index contributed by atoms with van der Waals surface area (Å²) >= 11 is 1.53. The van der Waals surface area contributed by atoms with Gasteiger partial charge in [0.2, 0.25) is 0 Å². The van der Waals surface area contributed by atoms with Gasteiger partial charge in [-0.3, -0.25) is 4.79 Å². The second-order valence-corrected chi connectivity index (χ2v) is 8.96. The molecule has 1 N–H and O–H groups in total. The Bertz CT molecular complexity index is 1450. The van der Waals surface area contributed by atoms with Crippen molar-refractivity contribution >= 4 is 23.9 Å². The molecule has 35 heavy (non-hydrogen) atoms. The van der Waals surface area contributed by atoms with E-state index in [-0.39, 0.29) is 5.91 Å². The summed E-state index contributed by atoms with van der Waals surface area (Å²) in [5.41, 5.74) is 7.45. The number of hydrogen-bond acceptors (Lipinski definition) is 4. The van der Waals surface area contributed by atoms with Crippen molar-refractivity contribution in [1.82, 2.24) is 9.99 Å². The Morgan fingerprint density at radius 1 is 0.857 bits per heavy atom. The summed E-state index contributed by atoms with van der Waals surface area (Å²) in [6, 6.07) is 35.6. The molecule has 0 spiro atoms. The minimum absolute atomic E-state index is 0.286. The predicted octanol–water partition coefficient (Wildman–Crippen LogP) is 6.96. The Balaban J connectivity index is 1.24. The second kappa shape index (κ2) is 10.3. The lowest BCUT2D eigenvalue weighted by Crippen LogP contribution is -2.17. The number of hydrazone groups is 1. The number of benzene rings is 3. The fourth-order valence-electron chi connectivity index (χ4n) is 3.76. The number of carbonyl (C=O) groups excluding carboxylic acids is 1. The largest absolute Gasteiger partial charge is 0.448 e. The van der Waals surface area contributed by atoms with E-state index in [1.165, 1.54) is 18.0 Å². The zero-order valence-electron chi connectivity index (χ0n) is 19.1. The summed E-state index contributed by atoms with van der Waals surface area (Å²) in [5, 5.41) is 4.80. The van der Waals surface area contributed by atoms with Crippen molar-refractivity contribution in [3.63, 3.8) is 0 Å². The first kappa shape index (κ1) is 22.5. The lowest BCUT2D eigenvalue weighted by molar-refractivity contribution is 0.0955. The number of carbonyl (C=O) groups is 1. The van der Waals surface area contributed by atoms with Gasteiger partial charge in [-0.1, -0.05) is 60.3 Å². The molecule has 5 nitrogen and oxygen atoms in total. The van der Waals surface area contributed by atoms with Crippen molar-refractivity contribution in [3.05, 3.63) is 126 Å². The van der Waals surface area contributed by atoms with Gasteiger partial charge in [-0.05, 0) is 73.2 Å². The predicted molar refractivity (Wildman–Crippen MR) is 140 cm³/mol. The smallest absolute Gasteiger partial charge is 0.271 e. The van der Waals surface area contributed by atoms with E-state index in [4.69, 9.17) is 4.42 Å². The zero-order valence-corrected chi connectivity index (χ0v) is 19.9. The average molecular weight is 478 g/mol. The lowest BCUT2D eigenvalue weighted by atomic mass is 10.1. The normalized spacial score (nSPS) is 11.1. The minimum Gasteiger partial charge on any atom is -0.448 e. The first-order chi connectivity index (χ1) is 17.2. The molecule has 0 aliphatic carbocycles. The fraction of sp³-hybridized carbons (Fsp3) is 0.0345. The summed E-state index contributed by atoms with van der Waals surface area (Å²) in [5.74, 6) is 0.279. The molecular formula is C29H23N3O2S. The molecule has 172 valence electrons. The SMILES string of the molecule is Cc1ccc(-c2ccccc2)n1-c1ccc(C(=O)N/N=C/c2ccc(Sc3ccccc3)o2)cc1. The van der Waals surface area contributed by atoms with Crippen molar-refractivity contribution < 1.29 is 9.21 Å². The maximum atomic E-state index is 12.6. The van der Waals surface area contributed by atoms with Gasteiger partial charge in [0.15, 0.2) is 5.09 Å². The van der Waals surface area contributed by atoms with E-state index in [0.29, 0.717) is 11.3 Å². The Morgan fingerprint density at radius 3 is 2.31 bits per heavy atom. The molecule has 5 aromatic rings. The Hall–Kier alpha value is -4.29. The molecule has 0 atom stereocenters. The van der Waals surface area contributed by atoms with Crippen LogP contribution in [0.2, 0.25) is 0 Å². The van der Waals surface area contributed by atoms with Crippen LogP contribution in [0.1, 0.15) is 21.8 Å². The van der Waals surface area contributed by atoms with Crippen LogP contribution in [0.5, 0.6) is 0 Å². The van der Waals surface area contributed by atoms with E-state index in [9.17, 15) is 4.79 Å². The number of aromatic nitrogens is 1. The molecule has 0 aliphatic rings. The maximum Gasteiger partial charge on any atom is 0.271 e. The first-order valence-corrected chi connectivity index (χ1v) is 12.0. The third kappa shape index (κ3) is 5.28. The third-order valence-electron chi connectivity index (χ3n) is 5.45. The monoisotopic (exact) mass is 477 g/mol. The van der Waals surface area contributed by atoms with Crippen molar-refractivity contribution in [1.29, 1.82) is 0 Å². The quantitative estimate of drug-likeness (QED) is 0.204. The number of amides is 1. The number of nitrogens with zero attached hydrogens (tertiary/aromatic N) is 2. The van der Waals surface area contributed by atoms with Crippen LogP contribution in [0.3, 0.4) is 0 Å². The van der Waals surface area contributed by atoms with Gasteiger partial charge in [0.25, 0.3) is 5.91 Å². The number of rotatable bonds is 7. The van der Waals surface area contributed by atoms with Gasteiger partial charge in [-0.2, -0.15) is 5.10 Å². The van der Waals surface area contributed by atoms with Crippen LogP contribution >= 0.6 is 11.8 Å². The highest BCUT2D eigenvalue weighted by Gasteiger charge is 2.11. The number of aryl methyl sites for hydroxylation is 1. The van der Waals surface area contributed by atoms with E-state index < -0.39 is 0 Å². The van der Waals surface area contributed by atoms with Gasteiger partial charge >= 0.3 is 0 Å². The number of hydrogen-bond donors (Lipinski definition) is 1. The minimum atomic E-state index is -0.286. The molecule has 0 saturated heterocycles. The number of nitrogens with one attached hydrogen (secondary N) is 1.